The summed E-state index contributed by atoms with van der Waals surface area (Å²) in [6.07, 6.45) is 2.24. The van der Waals surface area contributed by atoms with Gasteiger partial charge in [-0.2, -0.15) is 0 Å². The van der Waals surface area contributed by atoms with Gasteiger partial charge in [0.15, 0.2) is 0 Å². The van der Waals surface area contributed by atoms with Crippen LogP contribution in [0.1, 0.15) is 75.2 Å². The van der Waals surface area contributed by atoms with Gasteiger partial charge < -0.3 is 10.2 Å². The van der Waals surface area contributed by atoms with Crippen molar-refractivity contribution in [1.29, 1.82) is 0 Å². The molecule has 0 aliphatic rings. The van der Waals surface area contributed by atoms with Crippen molar-refractivity contribution in [3.8, 4) is 11.8 Å². The highest BCUT2D eigenvalue weighted by atomic mass is 16.5. The molecule has 0 aliphatic heterocycles. The van der Waals surface area contributed by atoms with Crippen LogP contribution in [-0.2, 0) is 0 Å². The standard InChI is InChI=1S/C20H38O2/c1-10-11-18(14(2)3)19(15(4)5,16(6)7)12-13-20(21,22)17(8)9/h14-18,21-22H,10-11H2,1-9H3. The average molecular weight is 311 g/mol. The van der Waals surface area contributed by atoms with E-state index in [-0.39, 0.29) is 11.3 Å². The van der Waals surface area contributed by atoms with E-state index in [0.29, 0.717) is 23.7 Å². The number of rotatable bonds is 7. The molecule has 0 amide bonds. The summed E-state index contributed by atoms with van der Waals surface area (Å²) in [5.41, 5.74) is -0.199. The van der Waals surface area contributed by atoms with Gasteiger partial charge in [-0.25, -0.2) is 0 Å². The molecule has 0 aromatic rings. The van der Waals surface area contributed by atoms with Crippen LogP contribution in [0.2, 0.25) is 0 Å². The van der Waals surface area contributed by atoms with Gasteiger partial charge in [-0.15, -0.1) is 0 Å². The molecule has 130 valence electrons. The molecule has 0 spiro atoms. The molecule has 1 unspecified atom stereocenters. The molecule has 0 bridgehead atoms. The van der Waals surface area contributed by atoms with Gasteiger partial charge in [0.25, 0.3) is 0 Å². The molecule has 0 saturated heterocycles. The summed E-state index contributed by atoms with van der Waals surface area (Å²) in [6, 6.07) is 0. The Morgan fingerprint density at radius 3 is 1.50 bits per heavy atom. The van der Waals surface area contributed by atoms with Crippen molar-refractivity contribution in [3.63, 3.8) is 0 Å². The summed E-state index contributed by atoms with van der Waals surface area (Å²) in [5.74, 6) is 5.66. The fraction of sp³-hybridized carbons (Fsp3) is 0.900. The Labute approximate surface area is 138 Å². The monoisotopic (exact) mass is 310 g/mol. The Hall–Kier alpha value is -0.520. The molecule has 0 aromatic carbocycles. The van der Waals surface area contributed by atoms with E-state index >= 15 is 0 Å². The van der Waals surface area contributed by atoms with E-state index in [2.05, 4.69) is 60.3 Å². The molecule has 2 N–H and O–H groups in total. The molecular formula is C20H38O2. The van der Waals surface area contributed by atoms with Crippen LogP contribution in [0, 0.1) is 46.8 Å². The number of hydrogen-bond acceptors (Lipinski definition) is 2. The van der Waals surface area contributed by atoms with Gasteiger partial charge in [0, 0.05) is 11.3 Å². The average Bonchev–Trinajstić information content (AvgIpc) is 2.36. The molecular weight excluding hydrogens is 272 g/mol. The third-order valence-electron chi connectivity index (χ3n) is 5.20. The van der Waals surface area contributed by atoms with E-state index in [1.165, 1.54) is 0 Å². The Kier molecular flexibility index (Phi) is 8.17. The lowest BCUT2D eigenvalue weighted by Gasteiger charge is -2.46. The molecule has 0 fully saturated rings. The SMILES string of the molecule is CCCC(C(C)C)C(C#CC(O)(O)C(C)C)(C(C)C)C(C)C. The fourth-order valence-electron chi connectivity index (χ4n) is 3.68. The minimum Gasteiger partial charge on any atom is -0.356 e. The predicted octanol–water partition coefficient (Wildman–Crippen LogP) is 4.70. The molecule has 0 aliphatic carbocycles. The van der Waals surface area contributed by atoms with Gasteiger partial charge in [-0.05, 0) is 36.0 Å². The van der Waals surface area contributed by atoms with Crippen molar-refractivity contribution >= 4 is 0 Å². The molecule has 2 heteroatoms. The van der Waals surface area contributed by atoms with E-state index < -0.39 is 5.79 Å². The second-order valence-electron chi connectivity index (χ2n) is 8.01. The minimum absolute atomic E-state index is 0.199. The quantitative estimate of drug-likeness (QED) is 0.528. The topological polar surface area (TPSA) is 40.5 Å². The first-order valence-electron chi connectivity index (χ1n) is 8.92. The maximum Gasteiger partial charge on any atom is 0.230 e. The van der Waals surface area contributed by atoms with Gasteiger partial charge >= 0.3 is 0 Å². The first kappa shape index (κ1) is 21.5. The Bertz CT molecular complexity index is 372. The van der Waals surface area contributed by atoms with E-state index in [0.717, 1.165) is 12.8 Å². The predicted molar refractivity (Wildman–Crippen MR) is 95.1 cm³/mol. The van der Waals surface area contributed by atoms with Crippen molar-refractivity contribution in [3.05, 3.63) is 0 Å². The molecule has 22 heavy (non-hydrogen) atoms. The van der Waals surface area contributed by atoms with Gasteiger partial charge in [0.05, 0.1) is 0 Å². The third kappa shape index (κ3) is 4.74. The first-order chi connectivity index (χ1) is 9.93. The highest BCUT2D eigenvalue weighted by Crippen LogP contribution is 2.48. The molecule has 1 atom stereocenters. The van der Waals surface area contributed by atoms with Crippen molar-refractivity contribution in [2.75, 3.05) is 0 Å². The zero-order valence-corrected chi connectivity index (χ0v) is 16.2. The van der Waals surface area contributed by atoms with Crippen molar-refractivity contribution < 1.29 is 10.2 Å². The van der Waals surface area contributed by atoms with Crippen LogP contribution in [0.3, 0.4) is 0 Å². The van der Waals surface area contributed by atoms with Crippen LogP contribution in [0.25, 0.3) is 0 Å². The maximum atomic E-state index is 10.2. The zero-order chi connectivity index (χ0) is 17.7. The van der Waals surface area contributed by atoms with Gasteiger partial charge in [-0.1, -0.05) is 74.7 Å². The smallest absolute Gasteiger partial charge is 0.230 e. The Morgan fingerprint density at radius 1 is 0.773 bits per heavy atom. The highest BCUT2D eigenvalue weighted by Gasteiger charge is 2.44. The lowest BCUT2D eigenvalue weighted by Crippen LogP contribution is -2.43. The Balaban J connectivity index is 6.08. The summed E-state index contributed by atoms with van der Waals surface area (Å²) in [7, 11) is 0. The largest absolute Gasteiger partial charge is 0.356 e. The second-order valence-corrected chi connectivity index (χ2v) is 8.01. The zero-order valence-electron chi connectivity index (χ0n) is 16.2. The lowest BCUT2D eigenvalue weighted by molar-refractivity contribution is -0.142. The molecule has 2 nitrogen and oxygen atoms in total. The van der Waals surface area contributed by atoms with Gasteiger partial charge in [0.2, 0.25) is 5.79 Å². The van der Waals surface area contributed by atoms with Crippen LogP contribution in [-0.4, -0.2) is 16.0 Å². The van der Waals surface area contributed by atoms with E-state index in [1.807, 2.05) is 0 Å². The number of aliphatic hydroxyl groups is 2. The summed E-state index contributed by atoms with van der Waals surface area (Å²) < 4.78 is 0. The van der Waals surface area contributed by atoms with Gasteiger partial charge in [-0.3, -0.25) is 0 Å². The summed E-state index contributed by atoms with van der Waals surface area (Å²) in [4.78, 5) is 0. The maximum absolute atomic E-state index is 10.2. The van der Waals surface area contributed by atoms with E-state index in [4.69, 9.17) is 0 Å². The van der Waals surface area contributed by atoms with Crippen molar-refractivity contribution in [2.24, 2.45) is 35.0 Å². The highest BCUT2D eigenvalue weighted by molar-refractivity contribution is 5.21. The second kappa shape index (κ2) is 8.37. The van der Waals surface area contributed by atoms with Gasteiger partial charge in [0.1, 0.15) is 0 Å². The fourth-order valence-corrected chi connectivity index (χ4v) is 3.68. The lowest BCUT2D eigenvalue weighted by atomic mass is 9.57. The van der Waals surface area contributed by atoms with Crippen molar-refractivity contribution in [1.82, 2.24) is 0 Å². The van der Waals surface area contributed by atoms with E-state index in [9.17, 15) is 10.2 Å². The molecule has 0 aromatic heterocycles. The van der Waals surface area contributed by atoms with Crippen molar-refractivity contribution in [2.45, 2.75) is 80.9 Å². The van der Waals surface area contributed by atoms with E-state index in [1.54, 1.807) is 13.8 Å². The third-order valence-corrected chi connectivity index (χ3v) is 5.20. The molecule has 0 heterocycles. The normalized spacial score (nSPS) is 14.7. The van der Waals surface area contributed by atoms with Crippen LogP contribution >= 0.6 is 0 Å². The van der Waals surface area contributed by atoms with Crippen LogP contribution in [0.4, 0.5) is 0 Å². The Morgan fingerprint density at radius 2 is 1.23 bits per heavy atom. The summed E-state index contributed by atoms with van der Waals surface area (Å²) in [6.45, 7) is 19.2. The molecule has 0 radical (unpaired) electrons. The van der Waals surface area contributed by atoms with Crippen LogP contribution in [0.15, 0.2) is 0 Å². The van der Waals surface area contributed by atoms with Crippen LogP contribution < -0.4 is 0 Å². The summed E-state index contributed by atoms with van der Waals surface area (Å²) >= 11 is 0. The number of hydrogen-bond donors (Lipinski definition) is 2. The minimum atomic E-state index is -1.91. The molecule has 0 saturated carbocycles. The van der Waals surface area contributed by atoms with Crippen LogP contribution in [0.5, 0.6) is 0 Å². The first-order valence-corrected chi connectivity index (χ1v) is 8.92. The summed E-state index contributed by atoms with van der Waals surface area (Å²) in [5, 5.41) is 20.3. The molecule has 0 rings (SSSR count).